The lowest BCUT2D eigenvalue weighted by atomic mass is 9.72. The lowest BCUT2D eigenvalue weighted by Gasteiger charge is -2.35. The minimum Gasteiger partial charge on any atom is -0.469 e. The molecule has 0 amide bonds. The lowest BCUT2D eigenvalue weighted by molar-refractivity contribution is -0.154. The Morgan fingerprint density at radius 1 is 1.30 bits per heavy atom. The van der Waals surface area contributed by atoms with E-state index >= 15 is 0 Å². The molecule has 1 saturated carbocycles. The van der Waals surface area contributed by atoms with Gasteiger partial charge in [0.1, 0.15) is 0 Å². The van der Waals surface area contributed by atoms with Gasteiger partial charge < -0.3 is 10.1 Å². The van der Waals surface area contributed by atoms with Gasteiger partial charge in [-0.2, -0.15) is 0 Å². The summed E-state index contributed by atoms with van der Waals surface area (Å²) in [6, 6.07) is 10.5. The van der Waals surface area contributed by atoms with Crippen molar-refractivity contribution in [3.05, 3.63) is 35.9 Å². The molecule has 1 aromatic rings. The van der Waals surface area contributed by atoms with E-state index in [0.29, 0.717) is 5.92 Å². The van der Waals surface area contributed by atoms with Crippen molar-refractivity contribution in [1.82, 2.24) is 5.32 Å². The van der Waals surface area contributed by atoms with E-state index in [0.717, 1.165) is 38.8 Å². The molecule has 0 aromatic heterocycles. The van der Waals surface area contributed by atoms with Crippen molar-refractivity contribution in [3.8, 4) is 0 Å². The van der Waals surface area contributed by atoms with E-state index in [1.54, 1.807) is 0 Å². The van der Waals surface area contributed by atoms with E-state index in [4.69, 9.17) is 4.74 Å². The van der Waals surface area contributed by atoms with Crippen LogP contribution in [-0.2, 0) is 16.1 Å². The minimum absolute atomic E-state index is 0.0480. The second kappa shape index (κ2) is 6.89. The monoisotopic (exact) mass is 275 g/mol. The number of carbonyl (C=O) groups is 1. The summed E-state index contributed by atoms with van der Waals surface area (Å²) >= 11 is 0. The minimum atomic E-state index is -0.259. The zero-order valence-corrected chi connectivity index (χ0v) is 12.5. The van der Waals surface area contributed by atoms with Gasteiger partial charge in [-0.15, -0.1) is 0 Å². The molecule has 110 valence electrons. The highest BCUT2D eigenvalue weighted by molar-refractivity contribution is 5.76. The van der Waals surface area contributed by atoms with Gasteiger partial charge in [0.2, 0.25) is 0 Å². The van der Waals surface area contributed by atoms with E-state index in [-0.39, 0.29) is 11.4 Å². The Kier molecular flexibility index (Phi) is 5.18. The summed E-state index contributed by atoms with van der Waals surface area (Å²) in [5.74, 6) is 0.629. The molecule has 2 rings (SSSR count). The summed E-state index contributed by atoms with van der Waals surface area (Å²) in [5.41, 5.74) is 1.06. The van der Waals surface area contributed by atoms with Gasteiger partial charge in [-0.25, -0.2) is 0 Å². The van der Waals surface area contributed by atoms with Gasteiger partial charge in [0.15, 0.2) is 0 Å². The normalized spacial score (nSPS) is 26.2. The average molecular weight is 275 g/mol. The third kappa shape index (κ3) is 3.83. The predicted octanol–water partition coefficient (Wildman–Crippen LogP) is 3.15. The van der Waals surface area contributed by atoms with Gasteiger partial charge in [-0.3, -0.25) is 4.79 Å². The van der Waals surface area contributed by atoms with Gasteiger partial charge in [-0.05, 0) is 50.6 Å². The largest absolute Gasteiger partial charge is 0.469 e. The van der Waals surface area contributed by atoms with E-state index < -0.39 is 0 Å². The molecule has 0 saturated heterocycles. The van der Waals surface area contributed by atoms with Crippen molar-refractivity contribution in [3.63, 3.8) is 0 Å². The molecular weight excluding hydrogens is 250 g/mol. The van der Waals surface area contributed by atoms with Crippen molar-refractivity contribution in [1.29, 1.82) is 0 Å². The number of nitrogens with one attached hydrogen (secondary N) is 1. The highest BCUT2D eigenvalue weighted by Gasteiger charge is 2.38. The van der Waals surface area contributed by atoms with Crippen LogP contribution in [0.1, 0.15) is 38.2 Å². The highest BCUT2D eigenvalue weighted by Crippen LogP contribution is 2.39. The van der Waals surface area contributed by atoms with Crippen LogP contribution in [0, 0.1) is 11.3 Å². The van der Waals surface area contributed by atoms with Gasteiger partial charge in [0, 0.05) is 6.54 Å². The molecule has 0 radical (unpaired) electrons. The van der Waals surface area contributed by atoms with E-state index in [1.807, 2.05) is 13.0 Å². The standard InChI is InChI=1S/C17H25NO2/c1-17(16(19)20-2)10-8-15(9-11-17)13-18-12-14-6-4-3-5-7-14/h3-7,15,18H,8-13H2,1-2H3. The SMILES string of the molecule is COC(=O)C1(C)CCC(CNCc2ccccc2)CC1. The number of hydrogen-bond donors (Lipinski definition) is 1. The second-order valence-electron chi connectivity index (χ2n) is 6.11. The quantitative estimate of drug-likeness (QED) is 0.839. The first-order valence-corrected chi connectivity index (χ1v) is 7.47. The van der Waals surface area contributed by atoms with Crippen molar-refractivity contribution >= 4 is 5.97 Å². The Balaban J connectivity index is 1.71. The van der Waals surface area contributed by atoms with Gasteiger partial charge >= 0.3 is 5.97 Å². The fourth-order valence-electron chi connectivity index (χ4n) is 2.99. The molecular formula is C17H25NO2. The second-order valence-corrected chi connectivity index (χ2v) is 6.11. The Hall–Kier alpha value is -1.35. The van der Waals surface area contributed by atoms with Crippen LogP contribution in [0.15, 0.2) is 30.3 Å². The van der Waals surface area contributed by atoms with Gasteiger partial charge in [0.05, 0.1) is 12.5 Å². The number of carbonyl (C=O) groups excluding carboxylic acids is 1. The smallest absolute Gasteiger partial charge is 0.311 e. The van der Waals surface area contributed by atoms with Crippen molar-refractivity contribution < 1.29 is 9.53 Å². The van der Waals surface area contributed by atoms with Gasteiger partial charge in [0.25, 0.3) is 0 Å². The number of esters is 1. The Bertz CT molecular complexity index is 422. The number of rotatable bonds is 5. The third-order valence-electron chi connectivity index (χ3n) is 4.49. The number of benzene rings is 1. The molecule has 0 heterocycles. The Morgan fingerprint density at radius 3 is 2.55 bits per heavy atom. The Morgan fingerprint density at radius 2 is 1.95 bits per heavy atom. The zero-order valence-electron chi connectivity index (χ0n) is 12.5. The van der Waals surface area contributed by atoms with Gasteiger partial charge in [-0.1, -0.05) is 30.3 Å². The summed E-state index contributed by atoms with van der Waals surface area (Å²) in [6.45, 7) is 3.99. The molecule has 3 nitrogen and oxygen atoms in total. The molecule has 20 heavy (non-hydrogen) atoms. The highest BCUT2D eigenvalue weighted by atomic mass is 16.5. The first kappa shape index (κ1) is 15.0. The molecule has 0 atom stereocenters. The lowest BCUT2D eigenvalue weighted by Crippen LogP contribution is -2.36. The van der Waals surface area contributed by atoms with Crippen LogP contribution in [0.4, 0.5) is 0 Å². The maximum Gasteiger partial charge on any atom is 0.311 e. The number of methoxy groups -OCH3 is 1. The van der Waals surface area contributed by atoms with Crippen LogP contribution < -0.4 is 5.32 Å². The van der Waals surface area contributed by atoms with E-state index in [2.05, 4.69) is 29.6 Å². The maximum absolute atomic E-state index is 11.8. The van der Waals surface area contributed by atoms with Crippen molar-refractivity contribution in [2.45, 2.75) is 39.2 Å². The molecule has 0 unspecified atom stereocenters. The zero-order chi connectivity index (χ0) is 14.4. The average Bonchev–Trinajstić information content (AvgIpc) is 2.49. The van der Waals surface area contributed by atoms with Crippen molar-refractivity contribution in [2.24, 2.45) is 11.3 Å². The molecule has 3 heteroatoms. The fourth-order valence-corrected chi connectivity index (χ4v) is 2.99. The van der Waals surface area contributed by atoms with E-state index in [1.165, 1.54) is 12.7 Å². The van der Waals surface area contributed by atoms with Crippen LogP contribution in [0.3, 0.4) is 0 Å². The molecule has 1 aromatic carbocycles. The predicted molar refractivity (Wildman–Crippen MR) is 80.2 cm³/mol. The van der Waals surface area contributed by atoms with E-state index in [9.17, 15) is 4.79 Å². The summed E-state index contributed by atoms with van der Waals surface area (Å²) < 4.78 is 4.91. The maximum atomic E-state index is 11.8. The molecule has 0 bridgehead atoms. The summed E-state index contributed by atoms with van der Waals surface area (Å²) in [6.07, 6.45) is 4.09. The summed E-state index contributed by atoms with van der Waals surface area (Å²) in [7, 11) is 1.49. The molecule has 0 aliphatic heterocycles. The van der Waals surface area contributed by atoms with Crippen LogP contribution >= 0.6 is 0 Å². The first-order valence-electron chi connectivity index (χ1n) is 7.47. The number of ether oxygens (including phenoxy) is 1. The van der Waals surface area contributed by atoms with Crippen LogP contribution in [0.5, 0.6) is 0 Å². The molecule has 1 N–H and O–H groups in total. The number of hydrogen-bond acceptors (Lipinski definition) is 3. The first-order chi connectivity index (χ1) is 9.64. The molecule has 1 fully saturated rings. The summed E-state index contributed by atoms with van der Waals surface area (Å²) in [5, 5.41) is 3.53. The molecule has 1 aliphatic rings. The third-order valence-corrected chi connectivity index (χ3v) is 4.49. The van der Waals surface area contributed by atoms with Crippen LogP contribution in [-0.4, -0.2) is 19.6 Å². The Labute approximate surface area is 121 Å². The van der Waals surface area contributed by atoms with Crippen LogP contribution in [0.25, 0.3) is 0 Å². The summed E-state index contributed by atoms with van der Waals surface area (Å²) in [4.78, 5) is 11.8. The van der Waals surface area contributed by atoms with Crippen molar-refractivity contribution in [2.75, 3.05) is 13.7 Å². The fraction of sp³-hybridized carbons (Fsp3) is 0.588. The molecule has 1 aliphatic carbocycles. The van der Waals surface area contributed by atoms with Crippen LogP contribution in [0.2, 0.25) is 0 Å². The topological polar surface area (TPSA) is 38.3 Å². The molecule has 0 spiro atoms.